The summed E-state index contributed by atoms with van der Waals surface area (Å²) in [6, 6.07) is 10.9. The Balaban J connectivity index is 2.42. The molecule has 2 nitrogen and oxygen atoms in total. The molecule has 14 heavy (non-hydrogen) atoms. The van der Waals surface area contributed by atoms with Crippen LogP contribution in [0.4, 0.5) is 10.2 Å². The van der Waals surface area contributed by atoms with Gasteiger partial charge in [-0.2, -0.15) is 0 Å². The van der Waals surface area contributed by atoms with E-state index in [9.17, 15) is 4.48 Å². The summed E-state index contributed by atoms with van der Waals surface area (Å²) in [5.74, 6) is 0. The quantitative estimate of drug-likeness (QED) is 0.732. The molecule has 1 heterocycles. The Morgan fingerprint density at radius 2 is 1.93 bits per heavy atom. The number of rotatable bonds is 2. The number of hydrogen-bond donors (Lipinski definition) is 1. The summed E-state index contributed by atoms with van der Waals surface area (Å²) < 4.78 is 12.2. The van der Waals surface area contributed by atoms with Gasteiger partial charge in [-0.1, -0.05) is 18.2 Å². The normalized spacial score (nSPS) is 9.79. The summed E-state index contributed by atoms with van der Waals surface area (Å²) in [6.45, 7) is 0. The van der Waals surface area contributed by atoms with Gasteiger partial charge >= 0.3 is 0 Å². The van der Waals surface area contributed by atoms with Crippen molar-refractivity contribution in [3.8, 4) is 11.1 Å². The number of nitrogens with zero attached hydrogens (tertiary/aromatic N) is 1. The lowest BCUT2D eigenvalue weighted by Gasteiger charge is -2.02. The standard InChI is InChI=1S/C11H9FN2/c12-14-11-5-1-3-9(7-11)10-4-2-6-13-8-10/h1-8,14H. The van der Waals surface area contributed by atoms with E-state index in [-0.39, 0.29) is 0 Å². The van der Waals surface area contributed by atoms with E-state index in [0.29, 0.717) is 5.69 Å². The van der Waals surface area contributed by atoms with Crippen molar-refractivity contribution in [1.29, 1.82) is 0 Å². The lowest BCUT2D eigenvalue weighted by molar-refractivity contribution is 0.618. The predicted molar refractivity (Wildman–Crippen MR) is 54.4 cm³/mol. The van der Waals surface area contributed by atoms with Gasteiger partial charge in [0.1, 0.15) is 0 Å². The van der Waals surface area contributed by atoms with Gasteiger partial charge in [-0.3, -0.25) is 4.98 Å². The number of nitrogens with one attached hydrogen (secondary N) is 1. The molecule has 2 rings (SSSR count). The average Bonchev–Trinajstić information content (AvgIpc) is 2.30. The summed E-state index contributed by atoms with van der Waals surface area (Å²) in [5, 5.41) is 0. The van der Waals surface area contributed by atoms with E-state index >= 15 is 0 Å². The molecule has 1 aromatic heterocycles. The van der Waals surface area contributed by atoms with Crippen molar-refractivity contribution in [2.45, 2.75) is 0 Å². The molecule has 1 N–H and O–H groups in total. The average molecular weight is 188 g/mol. The minimum atomic E-state index is 0.450. The van der Waals surface area contributed by atoms with E-state index in [4.69, 9.17) is 0 Å². The lowest BCUT2D eigenvalue weighted by atomic mass is 10.1. The van der Waals surface area contributed by atoms with Gasteiger partial charge in [0, 0.05) is 18.0 Å². The summed E-state index contributed by atoms with van der Waals surface area (Å²) in [6.07, 6.45) is 3.46. The summed E-state index contributed by atoms with van der Waals surface area (Å²) >= 11 is 0. The first-order valence-electron chi connectivity index (χ1n) is 4.27. The Morgan fingerprint density at radius 1 is 1.07 bits per heavy atom. The molecule has 0 saturated heterocycles. The Labute approximate surface area is 81.4 Å². The number of hydrogen-bond acceptors (Lipinski definition) is 2. The van der Waals surface area contributed by atoms with E-state index in [1.165, 1.54) is 0 Å². The molecule has 2 aromatic rings. The van der Waals surface area contributed by atoms with Crippen LogP contribution in [-0.4, -0.2) is 4.98 Å². The fraction of sp³-hybridized carbons (Fsp3) is 0. The maximum atomic E-state index is 12.2. The van der Waals surface area contributed by atoms with Crippen molar-refractivity contribution in [3.05, 3.63) is 48.8 Å². The highest BCUT2D eigenvalue weighted by Crippen LogP contribution is 2.21. The highest BCUT2D eigenvalue weighted by Gasteiger charge is 1.97. The van der Waals surface area contributed by atoms with Gasteiger partial charge in [0.2, 0.25) is 0 Å². The molecule has 0 radical (unpaired) electrons. The lowest BCUT2D eigenvalue weighted by Crippen LogP contribution is -1.83. The molecule has 70 valence electrons. The fourth-order valence-electron chi connectivity index (χ4n) is 1.29. The molecule has 0 aliphatic heterocycles. The van der Waals surface area contributed by atoms with E-state index in [1.807, 2.05) is 18.2 Å². The molecule has 0 fully saturated rings. The van der Waals surface area contributed by atoms with Gasteiger partial charge < -0.3 is 0 Å². The van der Waals surface area contributed by atoms with Crippen LogP contribution in [0.5, 0.6) is 0 Å². The smallest absolute Gasteiger partial charge is 0.0661 e. The molecular formula is C11H9FN2. The minimum absolute atomic E-state index is 0.450. The van der Waals surface area contributed by atoms with Crippen LogP contribution in [0, 0.1) is 0 Å². The second kappa shape index (κ2) is 3.87. The number of anilines is 1. The molecule has 0 aliphatic rings. The van der Waals surface area contributed by atoms with Gasteiger partial charge in [0.15, 0.2) is 0 Å². The number of aromatic nitrogens is 1. The Hall–Kier alpha value is -1.90. The van der Waals surface area contributed by atoms with Crippen molar-refractivity contribution in [2.75, 3.05) is 5.54 Å². The minimum Gasteiger partial charge on any atom is -0.264 e. The van der Waals surface area contributed by atoms with E-state index in [0.717, 1.165) is 11.1 Å². The van der Waals surface area contributed by atoms with Crippen LogP contribution in [0.3, 0.4) is 0 Å². The van der Waals surface area contributed by atoms with Crippen LogP contribution in [0.25, 0.3) is 11.1 Å². The van der Waals surface area contributed by atoms with Crippen LogP contribution in [0.2, 0.25) is 0 Å². The third kappa shape index (κ3) is 1.71. The highest BCUT2D eigenvalue weighted by atomic mass is 19.2. The van der Waals surface area contributed by atoms with Crippen molar-refractivity contribution in [3.63, 3.8) is 0 Å². The summed E-state index contributed by atoms with van der Waals surface area (Å²) in [5.41, 5.74) is 3.99. The van der Waals surface area contributed by atoms with E-state index in [2.05, 4.69) is 4.98 Å². The molecule has 0 spiro atoms. The van der Waals surface area contributed by atoms with Crippen LogP contribution >= 0.6 is 0 Å². The number of pyridine rings is 1. The predicted octanol–water partition coefficient (Wildman–Crippen LogP) is 3.05. The number of benzene rings is 1. The largest absolute Gasteiger partial charge is 0.264 e. The van der Waals surface area contributed by atoms with Crippen molar-refractivity contribution in [1.82, 2.24) is 4.98 Å². The number of halogens is 1. The van der Waals surface area contributed by atoms with Crippen molar-refractivity contribution >= 4 is 5.69 Å². The van der Waals surface area contributed by atoms with Gasteiger partial charge in [-0.05, 0) is 23.8 Å². The maximum absolute atomic E-state index is 12.2. The Morgan fingerprint density at radius 3 is 2.64 bits per heavy atom. The van der Waals surface area contributed by atoms with Gasteiger partial charge in [0.05, 0.1) is 5.69 Å². The highest BCUT2D eigenvalue weighted by molar-refractivity contribution is 5.66. The van der Waals surface area contributed by atoms with Crippen LogP contribution in [0.1, 0.15) is 0 Å². The van der Waals surface area contributed by atoms with Gasteiger partial charge in [0.25, 0.3) is 0 Å². The zero-order valence-electron chi connectivity index (χ0n) is 7.44. The molecular weight excluding hydrogens is 179 g/mol. The zero-order valence-corrected chi connectivity index (χ0v) is 7.44. The maximum Gasteiger partial charge on any atom is 0.0661 e. The third-order valence-corrected chi connectivity index (χ3v) is 1.97. The Bertz CT molecular complexity index is 415. The third-order valence-electron chi connectivity index (χ3n) is 1.97. The zero-order chi connectivity index (χ0) is 9.80. The molecule has 0 unspecified atom stereocenters. The first-order chi connectivity index (χ1) is 6.90. The van der Waals surface area contributed by atoms with Crippen LogP contribution in [-0.2, 0) is 0 Å². The summed E-state index contributed by atoms with van der Waals surface area (Å²) in [7, 11) is 0. The second-order valence-corrected chi connectivity index (χ2v) is 2.92. The van der Waals surface area contributed by atoms with Gasteiger partial charge in [-0.15, -0.1) is 4.48 Å². The SMILES string of the molecule is FNc1cccc(-c2cccnc2)c1. The van der Waals surface area contributed by atoms with Crippen molar-refractivity contribution < 1.29 is 4.48 Å². The first kappa shape index (κ1) is 8.69. The van der Waals surface area contributed by atoms with Crippen LogP contribution in [0.15, 0.2) is 48.8 Å². The first-order valence-corrected chi connectivity index (χ1v) is 4.27. The van der Waals surface area contributed by atoms with Crippen LogP contribution < -0.4 is 5.54 Å². The molecule has 0 amide bonds. The molecule has 3 heteroatoms. The second-order valence-electron chi connectivity index (χ2n) is 2.92. The molecule has 0 atom stereocenters. The molecule has 1 aromatic carbocycles. The van der Waals surface area contributed by atoms with E-state index < -0.39 is 0 Å². The molecule has 0 bridgehead atoms. The molecule has 0 aliphatic carbocycles. The van der Waals surface area contributed by atoms with E-state index in [1.54, 1.807) is 36.1 Å². The van der Waals surface area contributed by atoms with Gasteiger partial charge in [-0.25, -0.2) is 5.54 Å². The topological polar surface area (TPSA) is 24.9 Å². The Kier molecular flexibility index (Phi) is 2.40. The summed E-state index contributed by atoms with van der Waals surface area (Å²) in [4.78, 5) is 4.00. The van der Waals surface area contributed by atoms with Crippen molar-refractivity contribution in [2.24, 2.45) is 0 Å². The monoisotopic (exact) mass is 188 g/mol. The molecule has 0 saturated carbocycles. The fourth-order valence-corrected chi connectivity index (χ4v) is 1.29.